The Morgan fingerprint density at radius 2 is 1.94 bits per heavy atom. The molecular formula is C14H24N2OS. The van der Waals surface area contributed by atoms with E-state index in [2.05, 4.69) is 9.88 Å². The number of thiazole rings is 1. The van der Waals surface area contributed by atoms with Crippen LogP contribution in [0.2, 0.25) is 0 Å². The lowest BCUT2D eigenvalue weighted by atomic mass is 10.1. The first-order valence-electron chi connectivity index (χ1n) is 6.95. The van der Waals surface area contributed by atoms with Crippen LogP contribution in [0.15, 0.2) is 6.20 Å². The predicted octanol–water partition coefficient (Wildman–Crippen LogP) is 2.79. The molecule has 1 aliphatic rings. The van der Waals surface area contributed by atoms with Crippen LogP contribution in [0, 0.1) is 0 Å². The Morgan fingerprint density at radius 3 is 2.50 bits per heavy atom. The van der Waals surface area contributed by atoms with Crippen molar-refractivity contribution in [1.82, 2.24) is 9.88 Å². The molecule has 1 aromatic heterocycles. The number of nitrogens with zero attached hydrogens (tertiary/aromatic N) is 2. The van der Waals surface area contributed by atoms with E-state index in [0.29, 0.717) is 0 Å². The van der Waals surface area contributed by atoms with Gasteiger partial charge >= 0.3 is 0 Å². The minimum absolute atomic E-state index is 0.751. The first kappa shape index (κ1) is 14.0. The molecule has 1 saturated heterocycles. The Morgan fingerprint density at radius 1 is 1.28 bits per heavy atom. The molecule has 18 heavy (non-hydrogen) atoms. The predicted molar refractivity (Wildman–Crippen MR) is 76.0 cm³/mol. The summed E-state index contributed by atoms with van der Waals surface area (Å²) in [5.74, 6) is 0. The highest BCUT2D eigenvalue weighted by atomic mass is 32.1. The quantitative estimate of drug-likeness (QED) is 0.912. The highest BCUT2D eigenvalue weighted by Gasteiger charge is 2.19. The highest BCUT2D eigenvalue weighted by molar-refractivity contribution is 7.11. The monoisotopic (exact) mass is 268 g/mol. The second kappa shape index (κ2) is 6.13. The van der Waals surface area contributed by atoms with Crippen LogP contribution < -0.4 is 0 Å². The summed E-state index contributed by atoms with van der Waals surface area (Å²) < 4.78 is 0. The Bertz CT molecular complexity index is 362. The van der Waals surface area contributed by atoms with Crippen molar-refractivity contribution < 1.29 is 5.11 Å². The van der Waals surface area contributed by atoms with Gasteiger partial charge in [0.1, 0.15) is 0 Å². The minimum Gasteiger partial charge on any atom is -0.385 e. The van der Waals surface area contributed by atoms with Crippen LogP contribution in [0.4, 0.5) is 0 Å². The fourth-order valence-electron chi connectivity index (χ4n) is 2.32. The molecule has 0 spiro atoms. The van der Waals surface area contributed by atoms with Crippen molar-refractivity contribution in [2.75, 3.05) is 19.6 Å². The number of hydrogen-bond acceptors (Lipinski definition) is 4. The van der Waals surface area contributed by atoms with Gasteiger partial charge in [-0.05, 0) is 39.8 Å². The average molecular weight is 268 g/mol. The van der Waals surface area contributed by atoms with E-state index in [-0.39, 0.29) is 0 Å². The van der Waals surface area contributed by atoms with Crippen molar-refractivity contribution >= 4 is 11.3 Å². The summed E-state index contributed by atoms with van der Waals surface area (Å²) in [5.41, 5.74) is -0.751. The van der Waals surface area contributed by atoms with E-state index >= 15 is 0 Å². The van der Waals surface area contributed by atoms with Crippen LogP contribution in [0.3, 0.4) is 0 Å². The van der Waals surface area contributed by atoms with Crippen LogP contribution >= 0.6 is 11.3 Å². The third-order valence-corrected chi connectivity index (χ3v) is 4.87. The second-order valence-electron chi connectivity index (χ2n) is 5.68. The van der Waals surface area contributed by atoms with Crippen LogP contribution in [-0.2, 0) is 12.0 Å². The lowest BCUT2D eigenvalue weighted by Gasteiger charge is -2.18. The van der Waals surface area contributed by atoms with Gasteiger partial charge in [0.15, 0.2) is 0 Å². The molecule has 1 N–H and O–H groups in total. The molecule has 0 aliphatic carbocycles. The lowest BCUT2D eigenvalue weighted by Crippen LogP contribution is -2.26. The topological polar surface area (TPSA) is 36.4 Å². The molecular weight excluding hydrogens is 244 g/mol. The fraction of sp³-hybridized carbons (Fsp3) is 0.786. The molecule has 0 atom stereocenters. The van der Waals surface area contributed by atoms with Gasteiger partial charge in [-0.25, -0.2) is 4.98 Å². The summed E-state index contributed by atoms with van der Waals surface area (Å²) in [7, 11) is 0. The Kier molecular flexibility index (Phi) is 4.76. The van der Waals surface area contributed by atoms with E-state index < -0.39 is 5.60 Å². The maximum Gasteiger partial charge on any atom is 0.0948 e. The number of hydrogen-bond donors (Lipinski definition) is 1. The summed E-state index contributed by atoms with van der Waals surface area (Å²) >= 11 is 1.65. The largest absolute Gasteiger partial charge is 0.385 e. The first-order valence-corrected chi connectivity index (χ1v) is 7.77. The highest BCUT2D eigenvalue weighted by Crippen LogP contribution is 2.26. The standard InChI is InChI=1S/C14H24N2OS/c1-14(2,17)12-11-15-13(18-12)7-10-16-8-5-3-4-6-9-16/h11,17H,3-10H2,1-2H3. The van der Waals surface area contributed by atoms with Gasteiger partial charge in [0, 0.05) is 19.2 Å². The van der Waals surface area contributed by atoms with Gasteiger partial charge in [-0.3, -0.25) is 0 Å². The molecule has 0 amide bonds. The molecule has 1 aromatic rings. The normalized spacial score (nSPS) is 18.8. The minimum atomic E-state index is -0.751. The second-order valence-corrected chi connectivity index (χ2v) is 6.80. The number of aliphatic hydroxyl groups is 1. The molecule has 3 nitrogen and oxygen atoms in total. The van der Waals surface area contributed by atoms with E-state index in [0.717, 1.165) is 22.9 Å². The van der Waals surface area contributed by atoms with Crippen molar-refractivity contribution in [1.29, 1.82) is 0 Å². The van der Waals surface area contributed by atoms with Gasteiger partial charge in [0.2, 0.25) is 0 Å². The maximum absolute atomic E-state index is 9.92. The van der Waals surface area contributed by atoms with E-state index in [9.17, 15) is 5.11 Å². The summed E-state index contributed by atoms with van der Waals surface area (Å²) in [5, 5.41) is 11.1. The number of rotatable bonds is 4. The summed E-state index contributed by atoms with van der Waals surface area (Å²) in [6, 6.07) is 0. The molecule has 2 rings (SSSR count). The third-order valence-electron chi connectivity index (χ3n) is 3.50. The summed E-state index contributed by atoms with van der Waals surface area (Å²) in [6.07, 6.45) is 8.29. The van der Waals surface area contributed by atoms with E-state index in [1.807, 2.05) is 20.0 Å². The lowest BCUT2D eigenvalue weighted by molar-refractivity contribution is 0.0823. The Balaban J connectivity index is 1.84. The molecule has 4 heteroatoms. The maximum atomic E-state index is 9.92. The van der Waals surface area contributed by atoms with E-state index in [1.165, 1.54) is 38.8 Å². The van der Waals surface area contributed by atoms with Crippen molar-refractivity contribution in [3.63, 3.8) is 0 Å². The molecule has 1 fully saturated rings. The zero-order valence-corrected chi connectivity index (χ0v) is 12.3. The molecule has 0 saturated carbocycles. The Hall–Kier alpha value is -0.450. The molecule has 0 radical (unpaired) electrons. The van der Waals surface area contributed by atoms with Gasteiger partial charge in [0.05, 0.1) is 15.5 Å². The fourth-order valence-corrected chi connectivity index (χ4v) is 3.23. The number of likely N-dealkylation sites (tertiary alicyclic amines) is 1. The SMILES string of the molecule is CC(C)(O)c1cnc(CCN2CCCCCC2)s1. The van der Waals surface area contributed by atoms with Gasteiger partial charge < -0.3 is 10.0 Å². The van der Waals surface area contributed by atoms with Crippen molar-refractivity contribution in [2.24, 2.45) is 0 Å². The van der Waals surface area contributed by atoms with Crippen LogP contribution in [0.1, 0.15) is 49.4 Å². The summed E-state index contributed by atoms with van der Waals surface area (Å²) in [4.78, 5) is 7.94. The van der Waals surface area contributed by atoms with E-state index in [4.69, 9.17) is 0 Å². The van der Waals surface area contributed by atoms with Crippen LogP contribution in [0.25, 0.3) is 0 Å². The summed E-state index contributed by atoms with van der Waals surface area (Å²) in [6.45, 7) is 7.23. The van der Waals surface area contributed by atoms with Gasteiger partial charge in [0.25, 0.3) is 0 Å². The molecule has 0 aromatic carbocycles. The number of aromatic nitrogens is 1. The molecule has 0 bridgehead atoms. The zero-order chi connectivity index (χ0) is 13.0. The molecule has 102 valence electrons. The smallest absolute Gasteiger partial charge is 0.0948 e. The van der Waals surface area contributed by atoms with Crippen LogP contribution in [0.5, 0.6) is 0 Å². The first-order chi connectivity index (χ1) is 8.55. The molecule has 1 aliphatic heterocycles. The molecule has 2 heterocycles. The van der Waals surface area contributed by atoms with Crippen molar-refractivity contribution in [3.8, 4) is 0 Å². The van der Waals surface area contributed by atoms with Gasteiger partial charge in [-0.2, -0.15) is 0 Å². The molecule has 0 unspecified atom stereocenters. The van der Waals surface area contributed by atoms with Crippen LogP contribution in [-0.4, -0.2) is 34.6 Å². The van der Waals surface area contributed by atoms with E-state index in [1.54, 1.807) is 11.3 Å². The van der Waals surface area contributed by atoms with Crippen molar-refractivity contribution in [2.45, 2.75) is 51.6 Å². The third kappa shape index (κ3) is 4.04. The zero-order valence-electron chi connectivity index (χ0n) is 11.5. The van der Waals surface area contributed by atoms with Crippen molar-refractivity contribution in [3.05, 3.63) is 16.1 Å². The Labute approximate surface area is 114 Å². The van der Waals surface area contributed by atoms with Gasteiger partial charge in [-0.15, -0.1) is 11.3 Å². The van der Waals surface area contributed by atoms with Gasteiger partial charge in [-0.1, -0.05) is 12.8 Å². The average Bonchev–Trinajstić information content (AvgIpc) is 2.64.